The van der Waals surface area contributed by atoms with Crippen molar-refractivity contribution in [2.45, 2.75) is 26.2 Å². The number of rotatable bonds is 7. The maximum Gasteiger partial charge on any atom is 0.276 e. The van der Waals surface area contributed by atoms with Crippen molar-refractivity contribution >= 4 is 17.5 Å². The summed E-state index contributed by atoms with van der Waals surface area (Å²) in [6.07, 6.45) is 0. The summed E-state index contributed by atoms with van der Waals surface area (Å²) in [6.45, 7) is 6.04. The zero-order valence-corrected chi connectivity index (χ0v) is 16.7. The van der Waals surface area contributed by atoms with Gasteiger partial charge in [0.25, 0.3) is 11.8 Å². The summed E-state index contributed by atoms with van der Waals surface area (Å²) in [4.78, 5) is 23.8. The number of hydrogen-bond donors (Lipinski definition) is 3. The van der Waals surface area contributed by atoms with Gasteiger partial charge in [0, 0.05) is 5.69 Å². The first kappa shape index (κ1) is 21.1. The van der Waals surface area contributed by atoms with E-state index in [0.717, 1.165) is 17.0 Å². The molecule has 7 heteroatoms. The third-order valence-electron chi connectivity index (χ3n) is 3.94. The molecule has 0 aliphatic carbocycles. The third kappa shape index (κ3) is 6.50. The van der Waals surface area contributed by atoms with Gasteiger partial charge in [0.1, 0.15) is 11.5 Å². The highest BCUT2D eigenvalue weighted by Crippen LogP contribution is 2.30. The van der Waals surface area contributed by atoms with Crippen LogP contribution in [0.15, 0.2) is 48.5 Å². The molecule has 0 saturated carbocycles. The minimum Gasteiger partial charge on any atom is -0.497 e. The number of carbonyl (C=O) groups excluding carboxylic acids is 2. The second-order valence-corrected chi connectivity index (χ2v) is 7.21. The summed E-state index contributed by atoms with van der Waals surface area (Å²) in [5, 5.41) is 2.95. The highest BCUT2D eigenvalue weighted by molar-refractivity contribution is 5.85. The van der Waals surface area contributed by atoms with E-state index in [9.17, 15) is 9.59 Å². The first-order valence-electron chi connectivity index (χ1n) is 8.97. The molecule has 28 heavy (non-hydrogen) atoms. The van der Waals surface area contributed by atoms with Gasteiger partial charge < -0.3 is 14.8 Å². The van der Waals surface area contributed by atoms with Crippen LogP contribution in [0.2, 0.25) is 0 Å². The summed E-state index contributed by atoms with van der Waals surface area (Å²) in [7, 11) is 1.59. The Labute approximate surface area is 165 Å². The molecular weight excluding hydrogens is 358 g/mol. The first-order valence-corrected chi connectivity index (χ1v) is 8.97. The third-order valence-corrected chi connectivity index (χ3v) is 3.94. The lowest BCUT2D eigenvalue weighted by atomic mass is 9.86. The molecule has 0 aromatic heterocycles. The van der Waals surface area contributed by atoms with Crippen molar-refractivity contribution < 1.29 is 19.1 Å². The number of amides is 2. The summed E-state index contributed by atoms with van der Waals surface area (Å²) >= 11 is 0. The average molecular weight is 385 g/mol. The maximum absolute atomic E-state index is 11.9. The molecule has 0 heterocycles. The van der Waals surface area contributed by atoms with Crippen LogP contribution in [0.4, 0.5) is 5.69 Å². The van der Waals surface area contributed by atoms with E-state index in [1.807, 2.05) is 24.3 Å². The molecule has 0 atom stereocenters. The van der Waals surface area contributed by atoms with Gasteiger partial charge >= 0.3 is 0 Å². The van der Waals surface area contributed by atoms with Gasteiger partial charge in [-0.15, -0.1) is 0 Å². The summed E-state index contributed by atoms with van der Waals surface area (Å²) < 4.78 is 10.7. The quantitative estimate of drug-likeness (QED) is 0.638. The van der Waals surface area contributed by atoms with Crippen LogP contribution in [0.1, 0.15) is 26.3 Å². The normalized spacial score (nSPS) is 10.7. The van der Waals surface area contributed by atoms with Crippen LogP contribution in [0.25, 0.3) is 0 Å². The van der Waals surface area contributed by atoms with Gasteiger partial charge in [-0.1, -0.05) is 39.0 Å². The minimum absolute atomic E-state index is 0.0142. The Morgan fingerprint density at radius 2 is 1.57 bits per heavy atom. The predicted molar refractivity (Wildman–Crippen MR) is 108 cm³/mol. The molecule has 0 bridgehead atoms. The van der Waals surface area contributed by atoms with Crippen LogP contribution in [0, 0.1) is 0 Å². The summed E-state index contributed by atoms with van der Waals surface area (Å²) in [6, 6.07) is 14.8. The molecule has 3 N–H and O–H groups in total. The Bertz CT molecular complexity index is 798. The SMILES string of the molecule is COc1ccc(NCC(=O)NNC(=O)COc2ccccc2C(C)(C)C)cc1. The summed E-state index contributed by atoms with van der Waals surface area (Å²) in [5.41, 5.74) is 6.37. The van der Waals surface area contributed by atoms with Crippen LogP contribution in [0.3, 0.4) is 0 Å². The monoisotopic (exact) mass is 385 g/mol. The van der Waals surface area contributed by atoms with Crippen LogP contribution in [-0.2, 0) is 15.0 Å². The number of carbonyl (C=O) groups is 2. The molecule has 2 aromatic rings. The molecule has 0 aliphatic heterocycles. The van der Waals surface area contributed by atoms with Gasteiger partial charge in [0.2, 0.25) is 0 Å². The second-order valence-electron chi connectivity index (χ2n) is 7.21. The number of nitrogens with one attached hydrogen (secondary N) is 3. The molecule has 0 spiro atoms. The van der Waals surface area contributed by atoms with Gasteiger partial charge in [-0.25, -0.2) is 0 Å². The van der Waals surface area contributed by atoms with Crippen molar-refractivity contribution in [3.63, 3.8) is 0 Å². The molecule has 0 aliphatic rings. The second kappa shape index (κ2) is 9.64. The lowest BCUT2D eigenvalue weighted by Crippen LogP contribution is -2.46. The van der Waals surface area contributed by atoms with Crippen molar-refractivity contribution in [1.29, 1.82) is 0 Å². The Morgan fingerprint density at radius 3 is 2.21 bits per heavy atom. The van der Waals surface area contributed by atoms with E-state index in [0.29, 0.717) is 5.75 Å². The lowest BCUT2D eigenvalue weighted by Gasteiger charge is -2.22. The highest BCUT2D eigenvalue weighted by atomic mass is 16.5. The van der Waals surface area contributed by atoms with Crippen molar-refractivity contribution in [2.24, 2.45) is 0 Å². The molecule has 2 rings (SSSR count). The summed E-state index contributed by atoms with van der Waals surface area (Å²) in [5.74, 6) is 0.564. The molecule has 150 valence electrons. The largest absolute Gasteiger partial charge is 0.497 e. The Kier molecular flexibility index (Phi) is 7.26. The average Bonchev–Trinajstić information content (AvgIpc) is 2.69. The number of hydrazine groups is 1. The molecule has 0 saturated heterocycles. The zero-order chi connectivity index (χ0) is 20.6. The smallest absolute Gasteiger partial charge is 0.276 e. The molecule has 0 radical (unpaired) electrons. The van der Waals surface area contributed by atoms with Gasteiger partial charge in [-0.2, -0.15) is 0 Å². The van der Waals surface area contributed by atoms with Crippen molar-refractivity contribution in [2.75, 3.05) is 25.6 Å². The Hall–Kier alpha value is -3.22. The van der Waals surface area contributed by atoms with Crippen molar-refractivity contribution in [3.8, 4) is 11.5 Å². The molecule has 2 aromatic carbocycles. The van der Waals surface area contributed by atoms with E-state index in [-0.39, 0.29) is 24.5 Å². The number of hydrogen-bond acceptors (Lipinski definition) is 5. The van der Waals surface area contributed by atoms with Crippen LogP contribution in [-0.4, -0.2) is 32.1 Å². The topological polar surface area (TPSA) is 88.7 Å². The molecular formula is C21H27N3O4. The Morgan fingerprint density at radius 1 is 0.929 bits per heavy atom. The maximum atomic E-state index is 11.9. The fraction of sp³-hybridized carbons (Fsp3) is 0.333. The minimum atomic E-state index is -0.443. The van der Waals surface area contributed by atoms with E-state index in [1.54, 1.807) is 31.4 Å². The number of para-hydroxylation sites is 1. The number of benzene rings is 2. The van der Waals surface area contributed by atoms with E-state index >= 15 is 0 Å². The van der Waals surface area contributed by atoms with Crippen LogP contribution >= 0.6 is 0 Å². The van der Waals surface area contributed by atoms with Crippen LogP contribution < -0.4 is 25.6 Å². The van der Waals surface area contributed by atoms with Gasteiger partial charge in [-0.3, -0.25) is 20.4 Å². The van der Waals surface area contributed by atoms with Crippen LogP contribution in [0.5, 0.6) is 11.5 Å². The zero-order valence-electron chi connectivity index (χ0n) is 16.7. The van der Waals surface area contributed by atoms with E-state index in [2.05, 4.69) is 36.9 Å². The fourth-order valence-electron chi connectivity index (χ4n) is 2.47. The van der Waals surface area contributed by atoms with Gasteiger partial charge in [-0.05, 0) is 41.3 Å². The number of anilines is 1. The molecule has 7 nitrogen and oxygen atoms in total. The molecule has 0 unspecified atom stereocenters. The van der Waals surface area contributed by atoms with E-state index in [1.165, 1.54) is 0 Å². The van der Waals surface area contributed by atoms with Gasteiger partial charge in [0.15, 0.2) is 6.61 Å². The number of ether oxygens (including phenoxy) is 2. The first-order chi connectivity index (χ1) is 13.3. The van der Waals surface area contributed by atoms with Gasteiger partial charge in [0.05, 0.1) is 13.7 Å². The van der Waals surface area contributed by atoms with E-state index < -0.39 is 5.91 Å². The number of methoxy groups -OCH3 is 1. The van der Waals surface area contributed by atoms with Crippen molar-refractivity contribution in [1.82, 2.24) is 10.9 Å². The van der Waals surface area contributed by atoms with E-state index in [4.69, 9.17) is 9.47 Å². The molecule has 0 fully saturated rings. The lowest BCUT2D eigenvalue weighted by molar-refractivity contribution is -0.129. The highest BCUT2D eigenvalue weighted by Gasteiger charge is 2.18. The van der Waals surface area contributed by atoms with Crippen molar-refractivity contribution in [3.05, 3.63) is 54.1 Å². The molecule has 2 amide bonds. The predicted octanol–water partition coefficient (Wildman–Crippen LogP) is 2.63. The fourth-order valence-corrected chi connectivity index (χ4v) is 2.47. The Balaban J connectivity index is 1.74. The standard InChI is InChI=1S/C21H27N3O4/c1-21(2,3)17-7-5-6-8-18(17)28-14-20(26)24-23-19(25)13-22-15-9-11-16(27-4)12-10-15/h5-12,22H,13-14H2,1-4H3,(H,23,25)(H,24,26).